The Morgan fingerprint density at radius 2 is 2.15 bits per heavy atom. The van der Waals surface area contributed by atoms with E-state index in [1.54, 1.807) is 17.5 Å². The van der Waals surface area contributed by atoms with Crippen LogP contribution < -0.4 is 10.1 Å². The number of aromatic nitrogens is 2. The van der Waals surface area contributed by atoms with Crippen LogP contribution in [0.15, 0.2) is 6.20 Å². The predicted octanol–water partition coefficient (Wildman–Crippen LogP) is 3.64. The van der Waals surface area contributed by atoms with Crippen molar-refractivity contribution in [3.63, 3.8) is 0 Å². The number of rotatable bonds is 9. The molecule has 0 aliphatic carbocycles. The van der Waals surface area contributed by atoms with Crippen molar-refractivity contribution >= 4 is 28.6 Å². The second kappa shape index (κ2) is 11.4. The Morgan fingerprint density at radius 1 is 1.32 bits per heavy atom. The highest BCUT2D eigenvalue weighted by Gasteiger charge is 2.26. The fraction of sp³-hybridized carbons (Fsp3) is 0.696. The maximum Gasteiger partial charge on any atom is 0.278 e. The smallest absolute Gasteiger partial charge is 0.278 e. The summed E-state index contributed by atoms with van der Waals surface area (Å²) in [5.74, 6) is -2.83. The molecule has 1 amide bonds. The lowest BCUT2D eigenvalue weighted by atomic mass is 10.0. The van der Waals surface area contributed by atoms with Gasteiger partial charge in [-0.2, -0.15) is 0 Å². The van der Waals surface area contributed by atoms with Gasteiger partial charge in [0.1, 0.15) is 0 Å². The van der Waals surface area contributed by atoms with E-state index in [1.165, 1.54) is 11.3 Å². The molecule has 1 N–H and O–H groups in total. The van der Waals surface area contributed by atoms with E-state index in [-0.39, 0.29) is 18.1 Å². The van der Waals surface area contributed by atoms with Gasteiger partial charge in [-0.05, 0) is 32.6 Å². The van der Waals surface area contributed by atoms with Crippen molar-refractivity contribution < 1.29 is 23.0 Å². The molecule has 2 aromatic heterocycles. The zero-order chi connectivity index (χ0) is 24.1. The van der Waals surface area contributed by atoms with Crippen LogP contribution >= 0.6 is 22.7 Å². The van der Waals surface area contributed by atoms with Crippen molar-refractivity contribution in [2.24, 2.45) is 0 Å². The summed E-state index contributed by atoms with van der Waals surface area (Å²) < 4.78 is 37.3. The first-order valence-corrected chi connectivity index (χ1v) is 13.4. The number of fused-ring (bicyclic) bond motifs is 1. The monoisotopic (exact) mass is 514 g/mol. The standard InChI is InChI=1S/C23H32F2N4O3S2/c1-15-26-12-18(33-15)11-21(30)27-16-3-4-17(31-13-16)5-8-29-9-6-19-20(7-10-29)34-22(28-19)32-14-23(2,24)25/h12,16-17H,3-11,13-14H2,1-2H3,(H,27,30). The highest BCUT2D eigenvalue weighted by molar-refractivity contribution is 7.13. The summed E-state index contributed by atoms with van der Waals surface area (Å²) in [6.07, 6.45) is 6.85. The fourth-order valence-electron chi connectivity index (χ4n) is 4.26. The molecule has 2 aliphatic heterocycles. The van der Waals surface area contributed by atoms with E-state index in [9.17, 15) is 13.6 Å². The van der Waals surface area contributed by atoms with Gasteiger partial charge in [-0.3, -0.25) is 4.79 Å². The third-order valence-electron chi connectivity index (χ3n) is 6.03. The van der Waals surface area contributed by atoms with Crippen molar-refractivity contribution in [2.45, 2.75) is 70.4 Å². The molecule has 34 heavy (non-hydrogen) atoms. The van der Waals surface area contributed by atoms with Gasteiger partial charge in [0.15, 0.2) is 6.61 Å². The van der Waals surface area contributed by atoms with Crippen LogP contribution in [0.2, 0.25) is 0 Å². The molecule has 0 spiro atoms. The van der Waals surface area contributed by atoms with E-state index in [0.717, 1.165) is 79.1 Å². The zero-order valence-corrected chi connectivity index (χ0v) is 21.3. The Labute approximate surface area is 206 Å². The van der Waals surface area contributed by atoms with Gasteiger partial charge in [0.05, 0.1) is 35.9 Å². The zero-order valence-electron chi connectivity index (χ0n) is 19.6. The molecule has 2 aliphatic rings. The molecule has 0 aromatic carbocycles. The lowest BCUT2D eigenvalue weighted by molar-refractivity contribution is -0.122. The summed E-state index contributed by atoms with van der Waals surface area (Å²) in [6.45, 7) is 5.47. The highest BCUT2D eigenvalue weighted by atomic mass is 32.1. The number of alkyl halides is 2. The van der Waals surface area contributed by atoms with Gasteiger partial charge in [-0.1, -0.05) is 11.3 Å². The minimum absolute atomic E-state index is 0.0262. The van der Waals surface area contributed by atoms with Crippen molar-refractivity contribution in [1.29, 1.82) is 0 Å². The number of thiazole rings is 2. The number of nitrogens with one attached hydrogen (secondary N) is 1. The van der Waals surface area contributed by atoms with Crippen LogP contribution in [0.1, 0.15) is 46.6 Å². The molecule has 188 valence electrons. The summed E-state index contributed by atoms with van der Waals surface area (Å²) in [7, 11) is 0. The SMILES string of the molecule is Cc1ncc(CC(=O)NC2CCC(CCN3CCc4nc(OCC(C)(F)F)sc4CC3)OC2)s1. The first-order valence-electron chi connectivity index (χ1n) is 11.8. The van der Waals surface area contributed by atoms with Gasteiger partial charge >= 0.3 is 0 Å². The second-order valence-corrected chi connectivity index (χ2v) is 11.5. The molecule has 0 bridgehead atoms. The lowest BCUT2D eigenvalue weighted by Gasteiger charge is -2.31. The molecule has 7 nitrogen and oxygen atoms in total. The van der Waals surface area contributed by atoms with Crippen molar-refractivity contribution in [3.05, 3.63) is 26.7 Å². The molecule has 2 atom stereocenters. The van der Waals surface area contributed by atoms with Gasteiger partial charge in [-0.15, -0.1) is 11.3 Å². The van der Waals surface area contributed by atoms with Gasteiger partial charge in [0.25, 0.3) is 11.1 Å². The minimum atomic E-state index is -2.85. The molecule has 0 saturated carbocycles. The molecular formula is C23H32F2N4O3S2. The molecule has 4 heterocycles. The summed E-state index contributed by atoms with van der Waals surface area (Å²) >= 11 is 2.94. The van der Waals surface area contributed by atoms with Gasteiger partial charge in [-0.25, -0.2) is 18.7 Å². The third-order valence-corrected chi connectivity index (χ3v) is 8.02. The first kappa shape index (κ1) is 25.4. The lowest BCUT2D eigenvalue weighted by Crippen LogP contribution is -2.44. The number of hydrogen-bond acceptors (Lipinski definition) is 8. The number of ether oxygens (including phenoxy) is 2. The average molecular weight is 515 g/mol. The van der Waals surface area contributed by atoms with Gasteiger partial charge in [0, 0.05) is 48.9 Å². The number of carbonyl (C=O) groups is 1. The van der Waals surface area contributed by atoms with Gasteiger partial charge in [0.2, 0.25) is 5.91 Å². The Hall–Kier alpha value is -1.69. The molecule has 11 heteroatoms. The number of amides is 1. The van der Waals surface area contributed by atoms with Crippen molar-refractivity contribution in [2.75, 3.05) is 32.8 Å². The van der Waals surface area contributed by atoms with Gasteiger partial charge < -0.3 is 19.7 Å². The van der Waals surface area contributed by atoms with E-state index in [0.29, 0.717) is 18.2 Å². The van der Waals surface area contributed by atoms with Crippen LogP contribution in [0, 0.1) is 6.92 Å². The average Bonchev–Trinajstić information content (AvgIpc) is 3.32. The van der Waals surface area contributed by atoms with Crippen LogP contribution in [0.3, 0.4) is 0 Å². The molecule has 4 rings (SSSR count). The van der Waals surface area contributed by atoms with Crippen LogP contribution in [-0.4, -0.2) is 71.7 Å². The third kappa shape index (κ3) is 7.66. The summed E-state index contributed by atoms with van der Waals surface area (Å²) in [5, 5.41) is 4.41. The number of halogens is 2. The van der Waals surface area contributed by atoms with E-state index >= 15 is 0 Å². The Kier molecular flexibility index (Phi) is 8.49. The molecule has 1 fully saturated rings. The second-order valence-electron chi connectivity index (χ2n) is 9.16. The predicted molar refractivity (Wildman–Crippen MR) is 128 cm³/mol. The van der Waals surface area contributed by atoms with Crippen molar-refractivity contribution in [1.82, 2.24) is 20.2 Å². The summed E-state index contributed by atoms with van der Waals surface area (Å²) in [4.78, 5) is 25.4. The Balaban J connectivity index is 1.13. The molecule has 0 radical (unpaired) electrons. The summed E-state index contributed by atoms with van der Waals surface area (Å²) in [5.41, 5.74) is 0.975. The van der Waals surface area contributed by atoms with Crippen LogP contribution in [0.5, 0.6) is 5.19 Å². The molecule has 2 aromatic rings. The topological polar surface area (TPSA) is 76.6 Å². The normalized spacial score (nSPS) is 21.6. The summed E-state index contributed by atoms with van der Waals surface area (Å²) in [6, 6.07) is 0.0714. The van der Waals surface area contributed by atoms with E-state index in [4.69, 9.17) is 9.47 Å². The van der Waals surface area contributed by atoms with Crippen molar-refractivity contribution in [3.8, 4) is 5.19 Å². The largest absolute Gasteiger partial charge is 0.464 e. The van der Waals surface area contributed by atoms with Crippen LogP contribution in [-0.2, 0) is 28.8 Å². The minimum Gasteiger partial charge on any atom is -0.464 e. The maximum atomic E-state index is 13.0. The quantitative estimate of drug-likeness (QED) is 0.551. The number of hydrogen-bond donors (Lipinski definition) is 1. The Morgan fingerprint density at radius 3 is 2.85 bits per heavy atom. The Bertz CT molecular complexity index is 929. The van der Waals surface area contributed by atoms with E-state index in [1.807, 2.05) is 6.92 Å². The highest BCUT2D eigenvalue weighted by Crippen LogP contribution is 2.29. The number of carbonyl (C=O) groups excluding carboxylic acids is 1. The maximum absolute atomic E-state index is 13.0. The van der Waals surface area contributed by atoms with Crippen LogP contribution in [0.4, 0.5) is 8.78 Å². The number of aryl methyl sites for hydroxylation is 1. The fourth-order valence-corrected chi connectivity index (χ4v) is 5.99. The number of nitrogens with zero attached hydrogens (tertiary/aromatic N) is 3. The molecule has 2 unspecified atom stereocenters. The van der Waals surface area contributed by atoms with Crippen LogP contribution in [0.25, 0.3) is 0 Å². The first-order chi connectivity index (χ1) is 16.2. The van der Waals surface area contributed by atoms with E-state index < -0.39 is 12.5 Å². The molecular weight excluding hydrogens is 482 g/mol. The molecule has 1 saturated heterocycles. The van der Waals surface area contributed by atoms with E-state index in [2.05, 4.69) is 20.2 Å².